The summed E-state index contributed by atoms with van der Waals surface area (Å²) in [5.74, 6) is 1.72. The Kier molecular flexibility index (Phi) is 3.29. The molecule has 0 saturated heterocycles. The average Bonchev–Trinajstić information content (AvgIpc) is 2.34. The van der Waals surface area contributed by atoms with Gasteiger partial charge in [-0.15, -0.1) is 0 Å². The van der Waals surface area contributed by atoms with Gasteiger partial charge < -0.3 is 14.8 Å². The number of methoxy groups -OCH3 is 1. The number of nitrogens with one attached hydrogen (secondary N) is 1. The van der Waals surface area contributed by atoms with Crippen molar-refractivity contribution in [2.45, 2.75) is 32.4 Å². The van der Waals surface area contributed by atoms with Gasteiger partial charge in [0.1, 0.15) is 17.6 Å². The normalized spacial score (nSPS) is 26.1. The molecule has 1 fully saturated rings. The van der Waals surface area contributed by atoms with Crippen LogP contribution in [0.1, 0.15) is 20.3 Å². The molecular weight excluding hydrogens is 214 g/mol. The molecule has 94 valence electrons. The number of benzene rings is 1. The summed E-state index contributed by atoms with van der Waals surface area (Å²) >= 11 is 0. The zero-order chi connectivity index (χ0) is 12.5. The highest BCUT2D eigenvalue weighted by molar-refractivity contribution is 5.33. The third-order valence-electron chi connectivity index (χ3n) is 3.85. The minimum atomic E-state index is 0.178. The predicted octanol–water partition coefficient (Wildman–Crippen LogP) is 2.46. The molecule has 2 unspecified atom stereocenters. The SMILES string of the molecule is CNC1CC(Oc2cccc(OC)c2)C1(C)C. The lowest BCUT2D eigenvalue weighted by Crippen LogP contribution is -2.61. The number of hydrogen-bond acceptors (Lipinski definition) is 3. The van der Waals surface area contributed by atoms with Crippen LogP contribution in [0.4, 0.5) is 0 Å². The van der Waals surface area contributed by atoms with E-state index in [-0.39, 0.29) is 11.5 Å². The minimum absolute atomic E-state index is 0.178. The van der Waals surface area contributed by atoms with Crippen molar-refractivity contribution >= 4 is 0 Å². The Balaban J connectivity index is 2.02. The van der Waals surface area contributed by atoms with Gasteiger partial charge in [0.15, 0.2) is 0 Å². The summed E-state index contributed by atoms with van der Waals surface area (Å²) in [6.45, 7) is 4.48. The first-order chi connectivity index (χ1) is 8.07. The third kappa shape index (κ3) is 2.25. The van der Waals surface area contributed by atoms with Gasteiger partial charge in [-0.1, -0.05) is 19.9 Å². The van der Waals surface area contributed by atoms with Crippen LogP contribution >= 0.6 is 0 Å². The molecule has 0 radical (unpaired) electrons. The molecule has 2 atom stereocenters. The maximum absolute atomic E-state index is 6.02. The Labute approximate surface area is 103 Å². The molecule has 1 aliphatic carbocycles. The Hall–Kier alpha value is -1.22. The number of hydrogen-bond donors (Lipinski definition) is 1. The summed E-state index contributed by atoms with van der Waals surface area (Å²) in [5, 5.41) is 3.33. The largest absolute Gasteiger partial charge is 0.497 e. The molecular formula is C14H21NO2. The maximum Gasteiger partial charge on any atom is 0.123 e. The van der Waals surface area contributed by atoms with E-state index in [9.17, 15) is 0 Å². The van der Waals surface area contributed by atoms with E-state index in [1.807, 2.05) is 31.3 Å². The highest BCUT2D eigenvalue weighted by atomic mass is 16.5. The monoisotopic (exact) mass is 235 g/mol. The van der Waals surface area contributed by atoms with Gasteiger partial charge in [-0.05, 0) is 19.2 Å². The Morgan fingerprint density at radius 3 is 2.59 bits per heavy atom. The van der Waals surface area contributed by atoms with Crippen molar-refractivity contribution in [2.24, 2.45) is 5.41 Å². The molecule has 17 heavy (non-hydrogen) atoms. The molecule has 0 bridgehead atoms. The van der Waals surface area contributed by atoms with Gasteiger partial charge in [-0.3, -0.25) is 0 Å². The molecule has 1 aromatic rings. The second-order valence-corrected chi connectivity index (χ2v) is 5.18. The fraction of sp³-hybridized carbons (Fsp3) is 0.571. The van der Waals surface area contributed by atoms with E-state index in [1.165, 1.54) is 0 Å². The number of rotatable bonds is 4. The van der Waals surface area contributed by atoms with Gasteiger partial charge in [0.2, 0.25) is 0 Å². The summed E-state index contributed by atoms with van der Waals surface area (Å²) in [6.07, 6.45) is 1.33. The molecule has 2 rings (SSSR count). The topological polar surface area (TPSA) is 30.5 Å². The molecule has 0 heterocycles. The molecule has 0 spiro atoms. The van der Waals surface area contributed by atoms with Gasteiger partial charge in [-0.25, -0.2) is 0 Å². The van der Waals surface area contributed by atoms with E-state index in [0.717, 1.165) is 17.9 Å². The van der Waals surface area contributed by atoms with E-state index in [0.29, 0.717) is 6.04 Å². The van der Waals surface area contributed by atoms with Crippen molar-refractivity contribution in [1.82, 2.24) is 5.32 Å². The van der Waals surface area contributed by atoms with Gasteiger partial charge in [-0.2, -0.15) is 0 Å². The minimum Gasteiger partial charge on any atom is -0.497 e. The van der Waals surface area contributed by atoms with E-state index in [4.69, 9.17) is 9.47 Å². The van der Waals surface area contributed by atoms with Crippen LogP contribution in [0, 0.1) is 5.41 Å². The quantitative estimate of drug-likeness (QED) is 0.869. The maximum atomic E-state index is 6.02. The van der Waals surface area contributed by atoms with Crippen molar-refractivity contribution in [3.63, 3.8) is 0 Å². The van der Waals surface area contributed by atoms with E-state index in [2.05, 4.69) is 19.2 Å². The van der Waals surface area contributed by atoms with Gasteiger partial charge >= 0.3 is 0 Å². The van der Waals surface area contributed by atoms with Crippen LogP contribution in [0.2, 0.25) is 0 Å². The van der Waals surface area contributed by atoms with E-state index < -0.39 is 0 Å². The van der Waals surface area contributed by atoms with Crippen LogP contribution < -0.4 is 14.8 Å². The molecule has 3 nitrogen and oxygen atoms in total. The molecule has 3 heteroatoms. The van der Waals surface area contributed by atoms with Crippen LogP contribution in [0.3, 0.4) is 0 Å². The van der Waals surface area contributed by atoms with E-state index >= 15 is 0 Å². The van der Waals surface area contributed by atoms with Gasteiger partial charge in [0.25, 0.3) is 0 Å². The zero-order valence-electron chi connectivity index (χ0n) is 11.0. The van der Waals surface area contributed by atoms with Crippen LogP contribution in [-0.4, -0.2) is 26.3 Å². The average molecular weight is 235 g/mol. The first kappa shape index (κ1) is 12.2. The molecule has 1 aromatic carbocycles. The first-order valence-corrected chi connectivity index (χ1v) is 6.06. The van der Waals surface area contributed by atoms with E-state index in [1.54, 1.807) is 7.11 Å². The molecule has 1 aliphatic rings. The smallest absolute Gasteiger partial charge is 0.123 e. The summed E-state index contributed by atoms with van der Waals surface area (Å²) in [5.41, 5.74) is 0.178. The fourth-order valence-electron chi connectivity index (χ4n) is 2.41. The molecule has 0 aromatic heterocycles. The third-order valence-corrected chi connectivity index (χ3v) is 3.85. The van der Waals surface area contributed by atoms with Crippen molar-refractivity contribution in [2.75, 3.05) is 14.2 Å². The lowest BCUT2D eigenvalue weighted by Gasteiger charge is -2.51. The molecule has 1 saturated carbocycles. The van der Waals surface area contributed by atoms with Crippen molar-refractivity contribution in [1.29, 1.82) is 0 Å². The molecule has 1 N–H and O–H groups in total. The van der Waals surface area contributed by atoms with Crippen LogP contribution in [0.15, 0.2) is 24.3 Å². The van der Waals surface area contributed by atoms with Crippen LogP contribution in [-0.2, 0) is 0 Å². The van der Waals surface area contributed by atoms with Gasteiger partial charge in [0, 0.05) is 23.9 Å². The highest BCUT2D eigenvalue weighted by Crippen LogP contribution is 2.43. The predicted molar refractivity (Wildman–Crippen MR) is 68.7 cm³/mol. The molecule has 0 aliphatic heterocycles. The second-order valence-electron chi connectivity index (χ2n) is 5.18. The molecule has 0 amide bonds. The van der Waals surface area contributed by atoms with Gasteiger partial charge in [0.05, 0.1) is 7.11 Å². The summed E-state index contributed by atoms with van der Waals surface area (Å²) in [6, 6.07) is 8.33. The van der Waals surface area contributed by atoms with Crippen molar-refractivity contribution in [3.8, 4) is 11.5 Å². The summed E-state index contributed by atoms with van der Waals surface area (Å²) in [4.78, 5) is 0. The lowest BCUT2D eigenvalue weighted by molar-refractivity contribution is -0.0521. The zero-order valence-corrected chi connectivity index (χ0v) is 11.0. The summed E-state index contributed by atoms with van der Waals surface area (Å²) < 4.78 is 11.2. The Morgan fingerprint density at radius 2 is 2.00 bits per heavy atom. The highest BCUT2D eigenvalue weighted by Gasteiger charge is 2.49. The first-order valence-electron chi connectivity index (χ1n) is 6.06. The van der Waals surface area contributed by atoms with Crippen molar-refractivity contribution in [3.05, 3.63) is 24.3 Å². The second kappa shape index (κ2) is 4.57. The van der Waals surface area contributed by atoms with Crippen LogP contribution in [0.5, 0.6) is 11.5 Å². The van der Waals surface area contributed by atoms with Crippen molar-refractivity contribution < 1.29 is 9.47 Å². The lowest BCUT2D eigenvalue weighted by atomic mass is 9.64. The Morgan fingerprint density at radius 1 is 1.29 bits per heavy atom. The fourth-order valence-corrected chi connectivity index (χ4v) is 2.41. The van der Waals surface area contributed by atoms with Crippen LogP contribution in [0.25, 0.3) is 0 Å². The Bertz CT molecular complexity index is 390. The summed E-state index contributed by atoms with van der Waals surface area (Å²) in [7, 11) is 3.68. The number of ether oxygens (including phenoxy) is 2. The standard InChI is InChI=1S/C14H21NO2/c1-14(2)12(15-3)9-13(14)17-11-7-5-6-10(8-11)16-4/h5-8,12-13,15H,9H2,1-4H3.